The van der Waals surface area contributed by atoms with Crippen LogP contribution in [0, 0.1) is 18.8 Å². The second-order valence-electron chi connectivity index (χ2n) is 6.77. The van der Waals surface area contributed by atoms with Crippen molar-refractivity contribution in [3.05, 3.63) is 29.3 Å². The van der Waals surface area contributed by atoms with Gasteiger partial charge in [0, 0.05) is 12.2 Å². The molecule has 0 amide bonds. The van der Waals surface area contributed by atoms with Gasteiger partial charge in [0.2, 0.25) is 0 Å². The molecule has 0 unspecified atom stereocenters. The lowest BCUT2D eigenvalue weighted by Crippen LogP contribution is -2.27. The maximum atomic E-state index is 6.02. The van der Waals surface area contributed by atoms with Crippen molar-refractivity contribution in [2.45, 2.75) is 54.0 Å². The number of nitrogen functional groups attached to an aromatic ring is 1. The summed E-state index contributed by atoms with van der Waals surface area (Å²) >= 11 is 0. The van der Waals surface area contributed by atoms with Crippen LogP contribution in [-0.2, 0) is 6.54 Å². The van der Waals surface area contributed by atoms with Crippen LogP contribution in [0.15, 0.2) is 18.2 Å². The molecule has 114 valence electrons. The van der Waals surface area contributed by atoms with Crippen molar-refractivity contribution in [1.82, 2.24) is 4.90 Å². The molecule has 0 fully saturated rings. The van der Waals surface area contributed by atoms with Crippen LogP contribution in [0.5, 0.6) is 0 Å². The zero-order valence-electron chi connectivity index (χ0n) is 13.9. The Morgan fingerprint density at radius 2 is 1.55 bits per heavy atom. The van der Waals surface area contributed by atoms with E-state index in [0.29, 0.717) is 0 Å². The highest BCUT2D eigenvalue weighted by Crippen LogP contribution is 2.18. The highest BCUT2D eigenvalue weighted by molar-refractivity contribution is 5.49. The van der Waals surface area contributed by atoms with Crippen molar-refractivity contribution in [3.8, 4) is 0 Å². The van der Waals surface area contributed by atoms with Gasteiger partial charge in [0.25, 0.3) is 0 Å². The third kappa shape index (κ3) is 5.96. The average Bonchev–Trinajstić information content (AvgIpc) is 2.37. The normalized spacial score (nSPS) is 11.8. The van der Waals surface area contributed by atoms with Crippen molar-refractivity contribution >= 4 is 5.69 Å². The van der Waals surface area contributed by atoms with E-state index in [9.17, 15) is 0 Å². The zero-order chi connectivity index (χ0) is 15.1. The lowest BCUT2D eigenvalue weighted by Gasteiger charge is -2.25. The lowest BCUT2D eigenvalue weighted by atomic mass is 10.0. The topological polar surface area (TPSA) is 29.3 Å². The van der Waals surface area contributed by atoms with Crippen LogP contribution >= 0.6 is 0 Å². The smallest absolute Gasteiger partial charge is 0.0346 e. The molecule has 0 bridgehead atoms. The van der Waals surface area contributed by atoms with Gasteiger partial charge in [-0.2, -0.15) is 0 Å². The molecule has 0 saturated heterocycles. The zero-order valence-corrected chi connectivity index (χ0v) is 13.9. The molecule has 0 saturated carbocycles. The first-order valence-electron chi connectivity index (χ1n) is 7.96. The summed E-state index contributed by atoms with van der Waals surface area (Å²) in [6.07, 6.45) is 2.53. The predicted molar refractivity (Wildman–Crippen MR) is 89.8 cm³/mol. The fourth-order valence-electron chi connectivity index (χ4n) is 2.27. The summed E-state index contributed by atoms with van der Waals surface area (Å²) < 4.78 is 0. The summed E-state index contributed by atoms with van der Waals surface area (Å²) in [5.74, 6) is 1.52. The van der Waals surface area contributed by atoms with Gasteiger partial charge in [0.15, 0.2) is 0 Å². The Morgan fingerprint density at radius 1 is 1.00 bits per heavy atom. The molecule has 2 nitrogen and oxygen atoms in total. The van der Waals surface area contributed by atoms with Crippen LogP contribution in [0.4, 0.5) is 5.69 Å². The largest absolute Gasteiger partial charge is 0.399 e. The van der Waals surface area contributed by atoms with E-state index in [0.717, 1.165) is 24.1 Å². The van der Waals surface area contributed by atoms with E-state index >= 15 is 0 Å². The van der Waals surface area contributed by atoms with Crippen molar-refractivity contribution in [1.29, 1.82) is 0 Å². The summed E-state index contributed by atoms with van der Waals surface area (Å²) in [5.41, 5.74) is 9.55. The Kier molecular flexibility index (Phi) is 7.08. The molecule has 0 spiro atoms. The van der Waals surface area contributed by atoms with Crippen molar-refractivity contribution in [2.24, 2.45) is 11.8 Å². The minimum atomic E-state index is 0.762. The SMILES string of the molecule is Cc1c(N)cccc1CN(CCC(C)C)CCC(C)C. The van der Waals surface area contributed by atoms with E-state index in [1.165, 1.54) is 37.1 Å². The number of benzene rings is 1. The maximum Gasteiger partial charge on any atom is 0.0346 e. The highest BCUT2D eigenvalue weighted by atomic mass is 15.1. The van der Waals surface area contributed by atoms with E-state index in [1.54, 1.807) is 0 Å². The van der Waals surface area contributed by atoms with Crippen LogP contribution in [0.3, 0.4) is 0 Å². The van der Waals surface area contributed by atoms with Crippen molar-refractivity contribution in [3.63, 3.8) is 0 Å². The number of hydrogen-bond acceptors (Lipinski definition) is 2. The summed E-state index contributed by atoms with van der Waals surface area (Å²) in [6, 6.07) is 6.27. The van der Waals surface area contributed by atoms with E-state index in [4.69, 9.17) is 5.73 Å². The summed E-state index contributed by atoms with van der Waals surface area (Å²) in [6.45, 7) is 14.7. The molecule has 0 aliphatic carbocycles. The number of nitrogens with two attached hydrogens (primary N) is 1. The molecule has 2 heteroatoms. The first kappa shape index (κ1) is 17.0. The van der Waals surface area contributed by atoms with Gasteiger partial charge in [0.1, 0.15) is 0 Å². The standard InChI is InChI=1S/C18H32N2/c1-14(2)9-11-20(12-10-15(3)4)13-17-7-6-8-18(19)16(17)5/h6-8,14-15H,9-13,19H2,1-5H3. The summed E-state index contributed by atoms with van der Waals surface area (Å²) in [7, 11) is 0. The van der Waals surface area contributed by atoms with E-state index in [-0.39, 0.29) is 0 Å². The van der Waals surface area contributed by atoms with Crippen LogP contribution in [-0.4, -0.2) is 18.0 Å². The molecule has 1 aromatic rings. The van der Waals surface area contributed by atoms with Crippen LogP contribution in [0.25, 0.3) is 0 Å². The summed E-state index contributed by atoms with van der Waals surface area (Å²) in [4.78, 5) is 2.59. The van der Waals surface area contributed by atoms with Gasteiger partial charge in [-0.25, -0.2) is 0 Å². The van der Waals surface area contributed by atoms with Crippen LogP contribution < -0.4 is 5.73 Å². The van der Waals surface area contributed by atoms with Gasteiger partial charge in [0.05, 0.1) is 0 Å². The third-order valence-electron chi connectivity index (χ3n) is 3.93. The Morgan fingerprint density at radius 3 is 2.05 bits per heavy atom. The maximum absolute atomic E-state index is 6.02. The average molecular weight is 276 g/mol. The molecule has 0 aliphatic heterocycles. The Balaban J connectivity index is 2.69. The Bertz CT molecular complexity index is 384. The highest BCUT2D eigenvalue weighted by Gasteiger charge is 2.10. The van der Waals surface area contributed by atoms with E-state index < -0.39 is 0 Å². The monoisotopic (exact) mass is 276 g/mol. The molecule has 0 aromatic heterocycles. The molecule has 20 heavy (non-hydrogen) atoms. The van der Waals surface area contributed by atoms with E-state index in [1.807, 2.05) is 6.07 Å². The second-order valence-corrected chi connectivity index (χ2v) is 6.77. The number of rotatable bonds is 8. The number of anilines is 1. The van der Waals surface area contributed by atoms with E-state index in [2.05, 4.69) is 51.7 Å². The molecule has 0 heterocycles. The molecule has 0 radical (unpaired) electrons. The molecule has 1 aromatic carbocycles. The molecule has 2 N–H and O–H groups in total. The Labute approximate surface area is 125 Å². The first-order valence-corrected chi connectivity index (χ1v) is 7.96. The minimum absolute atomic E-state index is 0.762. The molecule has 0 aliphatic rings. The van der Waals surface area contributed by atoms with Crippen molar-refractivity contribution < 1.29 is 0 Å². The van der Waals surface area contributed by atoms with Gasteiger partial charge in [-0.05, 0) is 61.9 Å². The minimum Gasteiger partial charge on any atom is -0.399 e. The lowest BCUT2D eigenvalue weighted by molar-refractivity contribution is 0.235. The number of hydrogen-bond donors (Lipinski definition) is 1. The third-order valence-corrected chi connectivity index (χ3v) is 3.93. The quantitative estimate of drug-likeness (QED) is 0.710. The molecular formula is C18H32N2. The first-order chi connectivity index (χ1) is 9.40. The fraction of sp³-hybridized carbons (Fsp3) is 0.667. The van der Waals surface area contributed by atoms with Gasteiger partial charge in [-0.15, -0.1) is 0 Å². The van der Waals surface area contributed by atoms with Gasteiger partial charge in [-0.1, -0.05) is 39.8 Å². The fourth-order valence-corrected chi connectivity index (χ4v) is 2.27. The van der Waals surface area contributed by atoms with Gasteiger partial charge < -0.3 is 5.73 Å². The molecule has 0 atom stereocenters. The molecular weight excluding hydrogens is 244 g/mol. The predicted octanol–water partition coefficient (Wildman–Crippen LogP) is 4.47. The van der Waals surface area contributed by atoms with Crippen LogP contribution in [0.2, 0.25) is 0 Å². The molecule has 1 rings (SSSR count). The van der Waals surface area contributed by atoms with Crippen molar-refractivity contribution in [2.75, 3.05) is 18.8 Å². The number of nitrogens with zero attached hydrogens (tertiary/aromatic N) is 1. The Hall–Kier alpha value is -1.02. The van der Waals surface area contributed by atoms with Gasteiger partial charge >= 0.3 is 0 Å². The summed E-state index contributed by atoms with van der Waals surface area (Å²) in [5, 5.41) is 0. The van der Waals surface area contributed by atoms with Gasteiger partial charge in [-0.3, -0.25) is 4.90 Å². The van der Waals surface area contributed by atoms with Crippen LogP contribution in [0.1, 0.15) is 51.7 Å². The second kappa shape index (κ2) is 8.31.